The van der Waals surface area contributed by atoms with Gasteiger partial charge in [-0.2, -0.15) is 0 Å². The molecule has 2 heterocycles. The Balaban J connectivity index is 0.000000189. The number of rotatable bonds is 12. The first-order valence-corrected chi connectivity index (χ1v) is 26.5. The summed E-state index contributed by atoms with van der Waals surface area (Å²) < 4.78 is 16.2. The maximum atomic E-state index is 13.1. The van der Waals surface area contributed by atoms with Crippen LogP contribution in [-0.4, -0.2) is 60.3 Å². The number of carbonyl (C=O) groups excluding carboxylic acids is 9. The van der Waals surface area contributed by atoms with Crippen molar-refractivity contribution in [3.05, 3.63) is 210 Å². The van der Waals surface area contributed by atoms with Gasteiger partial charge in [0.25, 0.3) is 11.8 Å². The van der Waals surface area contributed by atoms with E-state index in [4.69, 9.17) is 14.2 Å². The van der Waals surface area contributed by atoms with Gasteiger partial charge in [0.15, 0.2) is 5.78 Å². The van der Waals surface area contributed by atoms with Crippen LogP contribution in [0.4, 0.5) is 22.7 Å². The van der Waals surface area contributed by atoms with Crippen LogP contribution in [0.3, 0.4) is 0 Å². The molecule has 8 unspecified atom stereocenters. The number of esters is 2. The van der Waals surface area contributed by atoms with Crippen LogP contribution in [0.1, 0.15) is 71.6 Å². The summed E-state index contributed by atoms with van der Waals surface area (Å²) in [6.07, 6.45) is 10.0. The Labute approximate surface area is 464 Å². The molecule has 0 radical (unpaired) electrons. The standard InChI is InChI=1S/C42H30N2O8.C23H20N2O4/c1-23(45)25-5-6-27-22-35(16-11-26(27)19-25)52-42(50)31-4-2-3-30(21-31)38(46)43-32-12-17-34(18-13-32)51-41(49)24-9-14-33(15-10-24)44-39(47)36-28-7-8-29(20-28)37(36)40(44)48;1-29-18-10-6-16(7-11-18)24-21(26)13-4-8-17(9-5-13)25-22(27)19-14-2-3-15(12-14)20(19)23(25)28/h2-19,21-22,28-29,36-37H,20H2,1H3,(H,43,46);2-11,14-15,19-20H,12H2,1H3,(H,24,26). The molecule has 2 saturated heterocycles. The molecule has 0 spiro atoms. The predicted molar refractivity (Wildman–Crippen MR) is 299 cm³/mol. The minimum absolute atomic E-state index is 0.0387. The van der Waals surface area contributed by atoms with Gasteiger partial charge in [0.05, 0.1) is 53.3 Å². The van der Waals surface area contributed by atoms with Crippen molar-refractivity contribution >= 4 is 86.7 Å². The van der Waals surface area contributed by atoms with Gasteiger partial charge in [-0.3, -0.25) is 43.4 Å². The Morgan fingerprint density at radius 1 is 0.420 bits per heavy atom. The van der Waals surface area contributed by atoms with Crippen LogP contribution in [0.25, 0.3) is 10.8 Å². The van der Waals surface area contributed by atoms with E-state index in [9.17, 15) is 43.2 Å². The van der Waals surface area contributed by atoms with Gasteiger partial charge in [0.1, 0.15) is 17.2 Å². The number of anilines is 4. The normalized spacial score (nSPS) is 22.3. The molecule has 2 N–H and O–H groups in total. The van der Waals surface area contributed by atoms with Crippen LogP contribution in [0.2, 0.25) is 0 Å². The van der Waals surface area contributed by atoms with E-state index in [0.29, 0.717) is 45.4 Å². The van der Waals surface area contributed by atoms with Crippen LogP contribution in [0.15, 0.2) is 182 Å². The highest BCUT2D eigenvalue weighted by Crippen LogP contribution is 2.54. The van der Waals surface area contributed by atoms with Gasteiger partial charge >= 0.3 is 11.9 Å². The summed E-state index contributed by atoms with van der Waals surface area (Å²) in [5.74, 6) is -1.84. The zero-order valence-corrected chi connectivity index (χ0v) is 43.6. The fourth-order valence-electron chi connectivity index (χ4n) is 12.1. The second-order valence-corrected chi connectivity index (χ2v) is 20.9. The fraction of sp³-hybridized carbons (Fsp3) is 0.185. The number of ketones is 1. The monoisotopic (exact) mass is 1080 g/mol. The van der Waals surface area contributed by atoms with Crippen molar-refractivity contribution in [3.63, 3.8) is 0 Å². The Bertz CT molecular complexity index is 3790. The van der Waals surface area contributed by atoms with Gasteiger partial charge < -0.3 is 24.8 Å². The highest BCUT2D eigenvalue weighted by molar-refractivity contribution is 6.24. The van der Waals surface area contributed by atoms with E-state index in [0.717, 1.165) is 23.6 Å². The molecule has 4 aliphatic carbocycles. The van der Waals surface area contributed by atoms with Crippen molar-refractivity contribution in [2.24, 2.45) is 47.3 Å². The van der Waals surface area contributed by atoms with Gasteiger partial charge in [-0.25, -0.2) is 9.59 Å². The number of nitrogens with one attached hydrogen (secondary N) is 2. The highest BCUT2D eigenvalue weighted by Gasteiger charge is 2.60. The number of benzene rings is 7. The van der Waals surface area contributed by atoms with Gasteiger partial charge in [-0.15, -0.1) is 0 Å². The molecule has 0 aromatic heterocycles. The number of imide groups is 2. The fourth-order valence-corrected chi connectivity index (χ4v) is 12.1. The van der Waals surface area contributed by atoms with Crippen LogP contribution in [0, 0.1) is 47.3 Å². The molecule has 402 valence electrons. The first-order valence-electron chi connectivity index (χ1n) is 26.5. The third-order valence-corrected chi connectivity index (χ3v) is 16.1. The highest BCUT2D eigenvalue weighted by atomic mass is 16.5. The number of Topliss-reactive ketones (excluding diaryl/α,β-unsaturated/α-hetero) is 1. The van der Waals surface area contributed by atoms with E-state index in [-0.39, 0.29) is 105 Å². The lowest BCUT2D eigenvalue weighted by Gasteiger charge is -2.17. The third-order valence-electron chi connectivity index (χ3n) is 16.1. The second-order valence-electron chi connectivity index (χ2n) is 20.9. The number of carbonyl (C=O) groups is 9. The Kier molecular flexibility index (Phi) is 13.4. The molecule has 13 rings (SSSR count). The van der Waals surface area contributed by atoms with E-state index in [2.05, 4.69) is 22.8 Å². The summed E-state index contributed by atoms with van der Waals surface area (Å²) in [6, 6.07) is 42.6. The molecule has 4 fully saturated rings. The Morgan fingerprint density at radius 3 is 1.33 bits per heavy atom. The number of ether oxygens (including phenoxy) is 3. The molecule has 6 amide bonds. The molecule has 16 nitrogen and oxygen atoms in total. The van der Waals surface area contributed by atoms with Crippen LogP contribution in [-0.2, 0) is 19.2 Å². The van der Waals surface area contributed by atoms with Crippen molar-refractivity contribution < 1.29 is 57.4 Å². The molecule has 81 heavy (non-hydrogen) atoms. The number of hydrogen-bond donors (Lipinski definition) is 2. The van der Waals surface area contributed by atoms with Crippen LogP contribution >= 0.6 is 0 Å². The van der Waals surface area contributed by atoms with Crippen LogP contribution in [0.5, 0.6) is 17.2 Å². The summed E-state index contributed by atoms with van der Waals surface area (Å²) in [4.78, 5) is 118. The number of methoxy groups -OCH3 is 1. The first-order chi connectivity index (χ1) is 39.2. The maximum absolute atomic E-state index is 13.1. The topological polar surface area (TPSA) is 212 Å². The number of amides is 6. The number of allylic oxidation sites excluding steroid dienone is 4. The minimum Gasteiger partial charge on any atom is -0.497 e. The molecule has 4 bridgehead atoms. The number of nitrogens with zero attached hydrogens (tertiary/aromatic N) is 2. The summed E-state index contributed by atoms with van der Waals surface area (Å²) in [5, 5.41) is 7.22. The zero-order valence-electron chi connectivity index (χ0n) is 43.6. The Morgan fingerprint density at radius 2 is 0.827 bits per heavy atom. The van der Waals surface area contributed by atoms with Gasteiger partial charge in [0.2, 0.25) is 23.6 Å². The largest absolute Gasteiger partial charge is 0.497 e. The molecule has 6 aliphatic rings. The molecule has 7 aromatic rings. The van der Waals surface area contributed by atoms with Gasteiger partial charge in [0, 0.05) is 28.1 Å². The van der Waals surface area contributed by atoms with Gasteiger partial charge in [-0.05, 0) is 188 Å². The molecule has 2 saturated carbocycles. The SMILES string of the molecule is CC(=O)c1ccc2cc(OC(=O)c3cccc(C(=O)Nc4ccc(OC(=O)c5ccc(N6C(=O)C7C8C=CC(C8)C7C6=O)cc5)cc4)c3)ccc2c1.COc1ccc(NC(=O)c2ccc(N3C(=O)C4C5C=CC(C5)C4C3=O)cc2)cc1. The van der Waals surface area contributed by atoms with Crippen molar-refractivity contribution in [2.75, 3.05) is 27.5 Å². The average molecular weight is 1080 g/mol. The first kappa shape index (κ1) is 51.7. The van der Waals surface area contributed by atoms with Crippen LogP contribution < -0.4 is 34.6 Å². The molecule has 16 heteroatoms. The quantitative estimate of drug-likeness (QED) is 0.0385. The maximum Gasteiger partial charge on any atom is 0.343 e. The van der Waals surface area contributed by atoms with E-state index in [1.807, 2.05) is 12.2 Å². The van der Waals surface area contributed by atoms with E-state index < -0.39 is 17.8 Å². The van der Waals surface area contributed by atoms with Crippen molar-refractivity contribution in [1.29, 1.82) is 0 Å². The lowest BCUT2D eigenvalue weighted by atomic mass is 9.85. The van der Waals surface area contributed by atoms with E-state index >= 15 is 0 Å². The molecule has 7 aromatic carbocycles. The molecular formula is C65H50N4O12. The number of fused-ring (bicyclic) bond motifs is 11. The Hall–Kier alpha value is -10.1. The summed E-state index contributed by atoms with van der Waals surface area (Å²) in [7, 11) is 1.58. The summed E-state index contributed by atoms with van der Waals surface area (Å²) in [6.45, 7) is 1.50. The van der Waals surface area contributed by atoms with Crippen molar-refractivity contribution in [3.8, 4) is 17.2 Å². The van der Waals surface area contributed by atoms with E-state index in [1.54, 1.807) is 135 Å². The minimum atomic E-state index is -0.639. The second kappa shape index (κ2) is 20.9. The van der Waals surface area contributed by atoms with Crippen molar-refractivity contribution in [1.82, 2.24) is 0 Å². The zero-order chi connectivity index (χ0) is 56.2. The van der Waals surface area contributed by atoms with Crippen molar-refractivity contribution in [2.45, 2.75) is 19.8 Å². The smallest absolute Gasteiger partial charge is 0.343 e. The summed E-state index contributed by atoms with van der Waals surface area (Å²) >= 11 is 0. The molecule has 8 atom stereocenters. The average Bonchev–Trinajstić information content (AvgIpc) is 4.38. The van der Waals surface area contributed by atoms with E-state index in [1.165, 1.54) is 47.1 Å². The van der Waals surface area contributed by atoms with Gasteiger partial charge in [-0.1, -0.05) is 48.6 Å². The number of hydrogen-bond acceptors (Lipinski definition) is 12. The third kappa shape index (κ3) is 9.74. The molecular weight excluding hydrogens is 1030 g/mol. The summed E-state index contributed by atoms with van der Waals surface area (Å²) in [5.41, 5.74) is 3.73. The lowest BCUT2D eigenvalue weighted by Crippen LogP contribution is -2.32. The predicted octanol–water partition coefficient (Wildman–Crippen LogP) is 10.3. The molecule has 2 aliphatic heterocycles. The lowest BCUT2D eigenvalue weighted by molar-refractivity contribution is -0.124.